The molecule has 0 spiro atoms. The number of nitrogens with one attached hydrogen (secondary N) is 2. The van der Waals surface area contributed by atoms with Crippen LogP contribution in [0.2, 0.25) is 0 Å². The Kier molecular flexibility index (Phi) is 5.25. The number of hydrogen-bond donors (Lipinski definition) is 2. The van der Waals surface area contributed by atoms with Gasteiger partial charge in [0.15, 0.2) is 5.13 Å². The lowest BCUT2D eigenvalue weighted by molar-refractivity contribution is -0.115. The number of piperidine rings is 1. The standard InChI is InChI=1S/C17H21N3O2S/c1-22-14-5-3-2-4-13(14)10-16(21)20-17-19-11-15(23-17)12-6-8-18-9-7-12/h2-5,11-12,18H,6-10H2,1H3,(H,19,20,21). The molecule has 0 radical (unpaired) electrons. The van der Waals surface area contributed by atoms with Gasteiger partial charge in [-0.2, -0.15) is 0 Å². The van der Waals surface area contributed by atoms with E-state index in [1.54, 1.807) is 18.4 Å². The predicted octanol–water partition coefficient (Wildman–Crippen LogP) is 2.80. The zero-order valence-corrected chi connectivity index (χ0v) is 14.0. The fraction of sp³-hybridized carbons (Fsp3) is 0.412. The lowest BCUT2D eigenvalue weighted by atomic mass is 9.97. The third-order valence-corrected chi connectivity index (χ3v) is 5.13. The summed E-state index contributed by atoms with van der Waals surface area (Å²) in [5.41, 5.74) is 0.877. The Bertz CT molecular complexity index is 665. The topological polar surface area (TPSA) is 63.2 Å². The quantitative estimate of drug-likeness (QED) is 0.884. The molecule has 122 valence electrons. The number of aromatic nitrogens is 1. The molecule has 1 fully saturated rings. The molecule has 0 unspecified atom stereocenters. The lowest BCUT2D eigenvalue weighted by Crippen LogP contribution is -2.26. The number of methoxy groups -OCH3 is 1. The molecule has 0 aliphatic carbocycles. The van der Waals surface area contributed by atoms with E-state index in [1.165, 1.54) is 4.88 Å². The maximum Gasteiger partial charge on any atom is 0.230 e. The normalized spacial score (nSPS) is 15.3. The maximum atomic E-state index is 12.2. The smallest absolute Gasteiger partial charge is 0.230 e. The number of anilines is 1. The number of amides is 1. The van der Waals surface area contributed by atoms with Gasteiger partial charge >= 0.3 is 0 Å². The van der Waals surface area contributed by atoms with Crippen molar-refractivity contribution in [2.75, 3.05) is 25.5 Å². The molecule has 1 aliphatic rings. The number of carbonyl (C=O) groups excluding carboxylic acids is 1. The molecule has 1 aliphatic heterocycles. The van der Waals surface area contributed by atoms with Crippen LogP contribution in [0.15, 0.2) is 30.5 Å². The Labute approximate surface area is 140 Å². The van der Waals surface area contributed by atoms with E-state index in [0.29, 0.717) is 11.0 Å². The second-order valence-electron chi connectivity index (χ2n) is 5.63. The van der Waals surface area contributed by atoms with Gasteiger partial charge < -0.3 is 15.4 Å². The highest BCUT2D eigenvalue weighted by Gasteiger charge is 2.18. The van der Waals surface area contributed by atoms with Gasteiger partial charge in [0.05, 0.1) is 13.5 Å². The Balaban J connectivity index is 1.60. The first-order chi connectivity index (χ1) is 11.3. The van der Waals surface area contributed by atoms with E-state index in [2.05, 4.69) is 15.6 Å². The Hall–Kier alpha value is -1.92. The number of para-hydroxylation sites is 1. The summed E-state index contributed by atoms with van der Waals surface area (Å²) in [5, 5.41) is 6.94. The van der Waals surface area contributed by atoms with Gasteiger partial charge in [-0.3, -0.25) is 4.79 Å². The van der Waals surface area contributed by atoms with Crippen molar-refractivity contribution in [2.24, 2.45) is 0 Å². The molecule has 2 N–H and O–H groups in total. The van der Waals surface area contributed by atoms with Crippen molar-refractivity contribution >= 4 is 22.4 Å². The number of benzene rings is 1. The van der Waals surface area contributed by atoms with Crippen molar-refractivity contribution in [3.8, 4) is 5.75 Å². The highest BCUT2D eigenvalue weighted by atomic mass is 32.1. The minimum absolute atomic E-state index is 0.0688. The molecule has 23 heavy (non-hydrogen) atoms. The van der Waals surface area contributed by atoms with Crippen LogP contribution in [0, 0.1) is 0 Å². The van der Waals surface area contributed by atoms with Crippen LogP contribution in [0.1, 0.15) is 29.2 Å². The zero-order valence-electron chi connectivity index (χ0n) is 13.2. The average molecular weight is 331 g/mol. The molecule has 2 heterocycles. The number of carbonyl (C=O) groups is 1. The van der Waals surface area contributed by atoms with E-state index in [-0.39, 0.29) is 12.3 Å². The van der Waals surface area contributed by atoms with Crippen molar-refractivity contribution in [1.29, 1.82) is 0 Å². The molecule has 0 atom stereocenters. The third-order valence-electron chi connectivity index (χ3n) is 4.05. The van der Waals surface area contributed by atoms with E-state index < -0.39 is 0 Å². The first-order valence-electron chi connectivity index (χ1n) is 7.84. The minimum Gasteiger partial charge on any atom is -0.496 e. The number of ether oxygens (including phenoxy) is 1. The fourth-order valence-corrected chi connectivity index (χ4v) is 3.83. The van der Waals surface area contributed by atoms with Gasteiger partial charge in [-0.25, -0.2) is 4.98 Å². The molecule has 2 aromatic rings. The molecular weight excluding hydrogens is 310 g/mol. The van der Waals surface area contributed by atoms with E-state index in [0.717, 1.165) is 37.2 Å². The molecular formula is C17H21N3O2S. The number of nitrogens with zero attached hydrogens (tertiary/aromatic N) is 1. The summed E-state index contributed by atoms with van der Waals surface area (Å²) < 4.78 is 5.28. The molecule has 1 saturated heterocycles. The summed E-state index contributed by atoms with van der Waals surface area (Å²) >= 11 is 1.59. The van der Waals surface area contributed by atoms with Gasteiger partial charge in [0.1, 0.15) is 5.75 Å². The second kappa shape index (κ2) is 7.57. The Morgan fingerprint density at radius 1 is 1.39 bits per heavy atom. The maximum absolute atomic E-state index is 12.2. The van der Waals surface area contributed by atoms with Crippen LogP contribution >= 0.6 is 11.3 Å². The van der Waals surface area contributed by atoms with Crippen LogP contribution in [-0.4, -0.2) is 31.1 Å². The SMILES string of the molecule is COc1ccccc1CC(=O)Nc1ncc(C2CCNCC2)s1. The molecule has 5 nitrogen and oxygen atoms in total. The predicted molar refractivity (Wildman–Crippen MR) is 92.3 cm³/mol. The first kappa shape index (κ1) is 16.0. The largest absolute Gasteiger partial charge is 0.496 e. The Morgan fingerprint density at radius 2 is 2.17 bits per heavy atom. The summed E-state index contributed by atoms with van der Waals surface area (Å²) in [7, 11) is 1.61. The minimum atomic E-state index is -0.0688. The van der Waals surface area contributed by atoms with Crippen molar-refractivity contribution in [3.63, 3.8) is 0 Å². The van der Waals surface area contributed by atoms with E-state index in [9.17, 15) is 4.79 Å². The molecule has 0 bridgehead atoms. The summed E-state index contributed by atoms with van der Waals surface area (Å²) in [5.74, 6) is 1.23. The summed E-state index contributed by atoms with van der Waals surface area (Å²) in [6.07, 6.45) is 4.46. The summed E-state index contributed by atoms with van der Waals surface area (Å²) in [6.45, 7) is 2.11. The molecule has 1 aromatic heterocycles. The number of rotatable bonds is 5. The van der Waals surface area contributed by atoms with Gasteiger partial charge in [0.2, 0.25) is 5.91 Å². The van der Waals surface area contributed by atoms with Crippen LogP contribution < -0.4 is 15.4 Å². The van der Waals surface area contributed by atoms with Crippen LogP contribution in [0.25, 0.3) is 0 Å². The van der Waals surface area contributed by atoms with Crippen molar-refractivity contribution in [3.05, 3.63) is 40.9 Å². The van der Waals surface area contributed by atoms with Crippen LogP contribution in [0.5, 0.6) is 5.75 Å². The summed E-state index contributed by atoms with van der Waals surface area (Å²) in [4.78, 5) is 17.8. The van der Waals surface area contributed by atoms with Gasteiger partial charge in [-0.15, -0.1) is 11.3 Å². The van der Waals surface area contributed by atoms with E-state index >= 15 is 0 Å². The van der Waals surface area contributed by atoms with Gasteiger partial charge in [-0.05, 0) is 37.9 Å². The molecule has 0 saturated carbocycles. The molecule has 6 heteroatoms. The number of thiazole rings is 1. The van der Waals surface area contributed by atoms with Crippen LogP contribution in [0.4, 0.5) is 5.13 Å². The molecule has 3 rings (SSSR count). The monoisotopic (exact) mass is 331 g/mol. The molecule has 1 aromatic carbocycles. The highest BCUT2D eigenvalue weighted by Crippen LogP contribution is 2.31. The summed E-state index contributed by atoms with van der Waals surface area (Å²) in [6, 6.07) is 7.57. The first-order valence-corrected chi connectivity index (χ1v) is 8.66. The zero-order chi connectivity index (χ0) is 16.1. The third kappa shape index (κ3) is 4.09. The van der Waals surface area contributed by atoms with Crippen LogP contribution in [0.3, 0.4) is 0 Å². The fourth-order valence-electron chi connectivity index (χ4n) is 2.83. The van der Waals surface area contributed by atoms with Crippen molar-refractivity contribution < 1.29 is 9.53 Å². The van der Waals surface area contributed by atoms with Gasteiger partial charge in [-0.1, -0.05) is 18.2 Å². The highest BCUT2D eigenvalue weighted by molar-refractivity contribution is 7.15. The van der Waals surface area contributed by atoms with E-state index in [4.69, 9.17) is 4.74 Å². The van der Waals surface area contributed by atoms with Crippen molar-refractivity contribution in [2.45, 2.75) is 25.2 Å². The number of hydrogen-bond acceptors (Lipinski definition) is 5. The second-order valence-corrected chi connectivity index (χ2v) is 6.69. The van der Waals surface area contributed by atoms with Crippen molar-refractivity contribution in [1.82, 2.24) is 10.3 Å². The van der Waals surface area contributed by atoms with Gasteiger partial charge in [0.25, 0.3) is 0 Å². The van der Waals surface area contributed by atoms with E-state index in [1.807, 2.05) is 30.5 Å². The average Bonchev–Trinajstić information content (AvgIpc) is 3.04. The Morgan fingerprint density at radius 3 is 2.96 bits per heavy atom. The molecule has 1 amide bonds. The lowest BCUT2D eigenvalue weighted by Gasteiger charge is -2.20. The van der Waals surface area contributed by atoms with Crippen LogP contribution in [-0.2, 0) is 11.2 Å². The van der Waals surface area contributed by atoms with Gasteiger partial charge in [0, 0.05) is 16.6 Å².